The molecular formula is C15H20N3O3+. The standard InChI is InChI=1S/C15H19N3O3/c1-4-5-18-14(19)12(6-16)11(3)13(15(18)20)8-17-7-10(2)21-9-17/h4,10,20H,1,5,7-9H2,2-3H3/p+1/t10-/m1/s1. The number of pyridine rings is 1. The van der Waals surface area contributed by atoms with E-state index in [0.717, 1.165) is 11.4 Å². The van der Waals surface area contributed by atoms with Crippen LogP contribution in [0.25, 0.3) is 0 Å². The molecule has 2 rings (SSSR count). The van der Waals surface area contributed by atoms with Crippen LogP contribution in [0.5, 0.6) is 5.88 Å². The third-order valence-corrected chi connectivity index (χ3v) is 3.81. The number of aromatic hydroxyl groups is 1. The van der Waals surface area contributed by atoms with Crippen molar-refractivity contribution in [1.29, 1.82) is 5.26 Å². The van der Waals surface area contributed by atoms with Gasteiger partial charge in [0.25, 0.3) is 5.56 Å². The van der Waals surface area contributed by atoms with E-state index in [1.807, 2.05) is 13.0 Å². The number of allylic oxidation sites excluding steroid dienone is 1. The van der Waals surface area contributed by atoms with Gasteiger partial charge in [-0.1, -0.05) is 6.08 Å². The van der Waals surface area contributed by atoms with E-state index in [2.05, 4.69) is 6.58 Å². The highest BCUT2D eigenvalue weighted by molar-refractivity contribution is 5.45. The lowest BCUT2D eigenvalue weighted by Gasteiger charge is -2.17. The van der Waals surface area contributed by atoms with Gasteiger partial charge in [0, 0.05) is 6.54 Å². The molecule has 2 N–H and O–H groups in total. The van der Waals surface area contributed by atoms with Crippen molar-refractivity contribution < 1.29 is 14.7 Å². The van der Waals surface area contributed by atoms with E-state index in [1.54, 1.807) is 6.92 Å². The van der Waals surface area contributed by atoms with Crippen molar-refractivity contribution in [2.45, 2.75) is 33.0 Å². The largest absolute Gasteiger partial charge is 0.494 e. The van der Waals surface area contributed by atoms with Crippen LogP contribution in [0.3, 0.4) is 0 Å². The van der Waals surface area contributed by atoms with Gasteiger partial charge >= 0.3 is 0 Å². The summed E-state index contributed by atoms with van der Waals surface area (Å²) in [5, 5.41) is 19.6. The summed E-state index contributed by atoms with van der Waals surface area (Å²) >= 11 is 0. The van der Waals surface area contributed by atoms with Crippen molar-refractivity contribution in [2.75, 3.05) is 13.3 Å². The molecule has 0 bridgehead atoms. The van der Waals surface area contributed by atoms with Crippen LogP contribution < -0.4 is 10.5 Å². The zero-order valence-electron chi connectivity index (χ0n) is 12.3. The molecule has 6 nitrogen and oxygen atoms in total. The molecule has 0 radical (unpaired) electrons. The highest BCUT2D eigenvalue weighted by atomic mass is 16.5. The zero-order valence-corrected chi connectivity index (χ0v) is 12.3. The third-order valence-electron chi connectivity index (χ3n) is 3.81. The predicted molar refractivity (Wildman–Crippen MR) is 77.0 cm³/mol. The van der Waals surface area contributed by atoms with E-state index in [0.29, 0.717) is 24.4 Å². The molecule has 2 atom stereocenters. The Balaban J connectivity index is 2.49. The number of hydrogen-bond acceptors (Lipinski definition) is 4. The summed E-state index contributed by atoms with van der Waals surface area (Å²) in [6.07, 6.45) is 1.70. The van der Waals surface area contributed by atoms with E-state index in [1.165, 1.54) is 10.6 Å². The number of hydrogen-bond donors (Lipinski definition) is 2. The van der Waals surface area contributed by atoms with Gasteiger partial charge in [-0.25, -0.2) is 0 Å². The van der Waals surface area contributed by atoms with Gasteiger partial charge in [-0.05, 0) is 19.4 Å². The topological polar surface area (TPSA) is 79.7 Å². The molecule has 0 aromatic carbocycles. The van der Waals surface area contributed by atoms with Crippen LogP contribution in [0.2, 0.25) is 0 Å². The van der Waals surface area contributed by atoms with Crippen molar-refractivity contribution in [2.24, 2.45) is 0 Å². The average Bonchev–Trinajstić information content (AvgIpc) is 2.86. The van der Waals surface area contributed by atoms with Gasteiger partial charge in [0.15, 0.2) is 6.73 Å². The SMILES string of the molecule is C=CCn1c(O)c(C[NH+]2CO[C@H](C)C2)c(C)c(C#N)c1=O. The molecule has 0 saturated carbocycles. The fourth-order valence-corrected chi connectivity index (χ4v) is 2.67. The second kappa shape index (κ2) is 6.12. The molecule has 1 aliphatic heterocycles. The molecule has 0 aliphatic carbocycles. The molecule has 0 spiro atoms. The molecule has 1 saturated heterocycles. The first-order valence-corrected chi connectivity index (χ1v) is 6.91. The van der Waals surface area contributed by atoms with Crippen LogP contribution in [0.1, 0.15) is 23.6 Å². The molecule has 21 heavy (non-hydrogen) atoms. The molecule has 0 amide bonds. The van der Waals surface area contributed by atoms with Gasteiger partial charge in [-0.3, -0.25) is 9.36 Å². The van der Waals surface area contributed by atoms with Gasteiger partial charge in [0.1, 0.15) is 30.8 Å². The molecule has 1 aromatic rings. The first-order valence-electron chi connectivity index (χ1n) is 6.91. The Morgan fingerprint density at radius 1 is 1.67 bits per heavy atom. The van der Waals surface area contributed by atoms with Gasteiger partial charge < -0.3 is 14.7 Å². The first kappa shape index (κ1) is 15.3. The summed E-state index contributed by atoms with van der Waals surface area (Å²) < 4.78 is 6.70. The number of aromatic nitrogens is 1. The second-order valence-corrected chi connectivity index (χ2v) is 5.37. The van der Waals surface area contributed by atoms with Crippen LogP contribution in [0, 0.1) is 18.3 Å². The minimum absolute atomic E-state index is 0.0801. The fraction of sp³-hybridized carbons (Fsp3) is 0.467. The van der Waals surface area contributed by atoms with Crippen LogP contribution in [-0.4, -0.2) is 29.1 Å². The van der Waals surface area contributed by atoms with E-state index < -0.39 is 5.56 Å². The molecular weight excluding hydrogens is 270 g/mol. The summed E-state index contributed by atoms with van der Waals surface area (Å²) in [6.45, 7) is 9.37. The van der Waals surface area contributed by atoms with Crippen molar-refractivity contribution >= 4 is 0 Å². The van der Waals surface area contributed by atoms with Gasteiger partial charge in [-0.15, -0.1) is 6.58 Å². The van der Waals surface area contributed by atoms with E-state index >= 15 is 0 Å². The maximum absolute atomic E-state index is 12.2. The lowest BCUT2D eigenvalue weighted by Crippen LogP contribution is -3.09. The summed E-state index contributed by atoms with van der Waals surface area (Å²) in [5.41, 5.74) is 0.780. The number of nitriles is 1. The number of ether oxygens (including phenoxy) is 1. The molecule has 1 aliphatic rings. The number of nitrogens with zero attached hydrogens (tertiary/aromatic N) is 2. The van der Waals surface area contributed by atoms with E-state index in [-0.39, 0.29) is 24.1 Å². The minimum Gasteiger partial charge on any atom is -0.494 e. The Labute approximate surface area is 123 Å². The smallest absolute Gasteiger partial charge is 0.271 e. The zero-order chi connectivity index (χ0) is 15.6. The van der Waals surface area contributed by atoms with Gasteiger partial charge in [0.05, 0.1) is 5.56 Å². The third kappa shape index (κ3) is 2.84. The van der Waals surface area contributed by atoms with Crippen molar-refractivity contribution in [3.8, 4) is 11.9 Å². The Morgan fingerprint density at radius 2 is 2.38 bits per heavy atom. The summed E-state index contributed by atoms with van der Waals surface area (Å²) in [4.78, 5) is 13.3. The number of quaternary nitrogens is 1. The highest BCUT2D eigenvalue weighted by Gasteiger charge is 2.27. The maximum Gasteiger partial charge on any atom is 0.271 e. The summed E-state index contributed by atoms with van der Waals surface area (Å²) in [6, 6.07) is 1.94. The monoisotopic (exact) mass is 290 g/mol. The highest BCUT2D eigenvalue weighted by Crippen LogP contribution is 2.21. The quantitative estimate of drug-likeness (QED) is 0.745. The maximum atomic E-state index is 12.2. The Hall–Kier alpha value is -2.10. The average molecular weight is 290 g/mol. The van der Waals surface area contributed by atoms with E-state index in [9.17, 15) is 15.2 Å². The Morgan fingerprint density at radius 3 is 2.90 bits per heavy atom. The molecule has 1 fully saturated rings. The normalized spacial score (nSPS) is 21.2. The van der Waals surface area contributed by atoms with Crippen LogP contribution >= 0.6 is 0 Å². The Bertz CT molecular complexity index is 658. The van der Waals surface area contributed by atoms with Crippen molar-refractivity contribution in [1.82, 2.24) is 4.57 Å². The molecule has 112 valence electrons. The lowest BCUT2D eigenvalue weighted by atomic mass is 10.0. The molecule has 2 heterocycles. The van der Waals surface area contributed by atoms with Crippen LogP contribution in [-0.2, 0) is 17.8 Å². The number of rotatable bonds is 4. The second-order valence-electron chi connectivity index (χ2n) is 5.37. The fourth-order valence-electron chi connectivity index (χ4n) is 2.67. The molecule has 6 heteroatoms. The summed E-state index contributed by atoms with van der Waals surface area (Å²) in [7, 11) is 0. The summed E-state index contributed by atoms with van der Waals surface area (Å²) in [5.74, 6) is -0.0801. The van der Waals surface area contributed by atoms with Gasteiger partial charge in [-0.2, -0.15) is 5.26 Å². The van der Waals surface area contributed by atoms with Crippen molar-refractivity contribution in [3.63, 3.8) is 0 Å². The Kier molecular flexibility index (Phi) is 4.46. The minimum atomic E-state index is -0.475. The lowest BCUT2D eigenvalue weighted by molar-refractivity contribution is -0.911. The van der Waals surface area contributed by atoms with Gasteiger partial charge in [0.2, 0.25) is 5.88 Å². The molecule has 1 unspecified atom stereocenters. The van der Waals surface area contributed by atoms with Crippen LogP contribution in [0.4, 0.5) is 0 Å². The number of nitrogens with one attached hydrogen (secondary N) is 1. The van der Waals surface area contributed by atoms with Crippen molar-refractivity contribution in [3.05, 3.63) is 39.7 Å². The van der Waals surface area contributed by atoms with Crippen LogP contribution in [0.15, 0.2) is 17.4 Å². The molecule has 1 aromatic heterocycles. The van der Waals surface area contributed by atoms with E-state index in [4.69, 9.17) is 4.74 Å². The first-order chi connectivity index (χ1) is 9.99. The predicted octanol–water partition coefficient (Wildman–Crippen LogP) is -0.319.